The number of amides is 3. The monoisotopic (exact) mass is 464 g/mol. The van der Waals surface area contributed by atoms with Crippen LogP contribution in [0.5, 0.6) is 0 Å². The van der Waals surface area contributed by atoms with Crippen LogP contribution in [0.25, 0.3) is 0 Å². The molecule has 1 aliphatic rings. The average Bonchev–Trinajstić information content (AvgIpc) is 2.79. The van der Waals surface area contributed by atoms with Crippen LogP contribution < -0.4 is 16.0 Å². The maximum atomic E-state index is 12.9. The molecule has 1 heterocycles. The van der Waals surface area contributed by atoms with Gasteiger partial charge in [0, 0.05) is 29.5 Å². The van der Waals surface area contributed by atoms with Crippen LogP contribution in [-0.2, 0) is 9.59 Å². The van der Waals surface area contributed by atoms with Crippen molar-refractivity contribution in [2.45, 2.75) is 59.9 Å². The summed E-state index contributed by atoms with van der Waals surface area (Å²) in [6.45, 7) is 10.7. The molecule has 7 nitrogen and oxygen atoms in total. The molecule has 182 valence electrons. The molecular weight excluding hydrogens is 428 g/mol. The van der Waals surface area contributed by atoms with Gasteiger partial charge in [-0.25, -0.2) is 0 Å². The van der Waals surface area contributed by atoms with Crippen LogP contribution >= 0.6 is 0 Å². The molecule has 3 rings (SSSR count). The number of nitrogens with zero attached hydrogens (tertiary/aromatic N) is 1. The van der Waals surface area contributed by atoms with Crippen LogP contribution in [0, 0.1) is 27.7 Å². The normalized spacial score (nSPS) is 15.6. The van der Waals surface area contributed by atoms with E-state index in [0.29, 0.717) is 5.56 Å². The quantitative estimate of drug-likeness (QED) is 0.575. The summed E-state index contributed by atoms with van der Waals surface area (Å²) in [5.74, 6) is -0.492. The molecule has 0 bridgehead atoms. The minimum atomic E-state index is -0.283. The number of hydrogen-bond acceptors (Lipinski definition) is 4. The summed E-state index contributed by atoms with van der Waals surface area (Å²) in [6.07, 6.45) is 3.26. The first kappa shape index (κ1) is 25.3. The fourth-order valence-electron chi connectivity index (χ4n) is 4.54. The second kappa shape index (κ2) is 11.2. The van der Waals surface area contributed by atoms with Crippen molar-refractivity contribution in [3.8, 4) is 0 Å². The highest BCUT2D eigenvalue weighted by atomic mass is 16.2. The minimum absolute atomic E-state index is 0.0349. The first-order chi connectivity index (χ1) is 16.2. The molecule has 7 heteroatoms. The number of rotatable bonds is 7. The molecule has 2 aromatic rings. The van der Waals surface area contributed by atoms with Gasteiger partial charge < -0.3 is 20.9 Å². The van der Waals surface area contributed by atoms with Crippen molar-refractivity contribution >= 4 is 29.1 Å². The van der Waals surface area contributed by atoms with E-state index in [2.05, 4.69) is 22.9 Å². The van der Waals surface area contributed by atoms with Gasteiger partial charge in [0.05, 0.1) is 13.1 Å². The first-order valence-electron chi connectivity index (χ1n) is 12.0. The van der Waals surface area contributed by atoms with Gasteiger partial charge >= 0.3 is 0 Å². The molecule has 0 radical (unpaired) electrons. The summed E-state index contributed by atoms with van der Waals surface area (Å²) < 4.78 is 0. The van der Waals surface area contributed by atoms with Crippen LogP contribution in [0.2, 0.25) is 0 Å². The van der Waals surface area contributed by atoms with E-state index in [0.717, 1.165) is 53.0 Å². The van der Waals surface area contributed by atoms with Gasteiger partial charge in [-0.05, 0) is 88.8 Å². The van der Waals surface area contributed by atoms with Crippen LogP contribution in [0.1, 0.15) is 58.8 Å². The Bertz CT molecular complexity index is 1060. The molecule has 3 N–H and O–H groups in total. The third kappa shape index (κ3) is 6.37. The lowest BCUT2D eigenvalue weighted by Gasteiger charge is -2.33. The number of likely N-dealkylation sites (tertiary alicyclic amines) is 1. The fourth-order valence-corrected chi connectivity index (χ4v) is 4.54. The Kier molecular flexibility index (Phi) is 8.31. The van der Waals surface area contributed by atoms with Gasteiger partial charge in [-0.2, -0.15) is 0 Å². The molecule has 0 aromatic heterocycles. The van der Waals surface area contributed by atoms with E-state index in [9.17, 15) is 14.4 Å². The molecule has 0 aliphatic carbocycles. The zero-order chi connectivity index (χ0) is 24.8. The van der Waals surface area contributed by atoms with Crippen molar-refractivity contribution < 1.29 is 14.4 Å². The zero-order valence-corrected chi connectivity index (χ0v) is 20.9. The Morgan fingerprint density at radius 2 is 1.62 bits per heavy atom. The first-order valence-corrected chi connectivity index (χ1v) is 12.0. The summed E-state index contributed by atoms with van der Waals surface area (Å²) >= 11 is 0. The van der Waals surface area contributed by atoms with Crippen LogP contribution in [0.4, 0.5) is 11.4 Å². The number of carbonyl (C=O) groups excluding carboxylic acids is 3. The molecule has 1 unspecified atom stereocenters. The van der Waals surface area contributed by atoms with Crippen LogP contribution in [-0.4, -0.2) is 48.3 Å². The second-order valence-electron chi connectivity index (χ2n) is 9.33. The van der Waals surface area contributed by atoms with Gasteiger partial charge in [-0.15, -0.1) is 0 Å². The van der Waals surface area contributed by atoms with Gasteiger partial charge in [0.25, 0.3) is 5.91 Å². The zero-order valence-electron chi connectivity index (χ0n) is 20.9. The molecular formula is C27H36N4O3. The van der Waals surface area contributed by atoms with Crippen molar-refractivity contribution in [1.29, 1.82) is 0 Å². The Hall–Kier alpha value is -3.35. The second-order valence-corrected chi connectivity index (χ2v) is 9.33. The van der Waals surface area contributed by atoms with E-state index in [-0.39, 0.29) is 36.9 Å². The smallest absolute Gasteiger partial charge is 0.254 e. The van der Waals surface area contributed by atoms with Crippen LogP contribution in [0.15, 0.2) is 30.3 Å². The maximum absolute atomic E-state index is 12.9. The van der Waals surface area contributed by atoms with Crippen molar-refractivity contribution in [2.75, 3.05) is 30.3 Å². The number of hydrogen-bond donors (Lipinski definition) is 3. The number of piperidine rings is 1. The average molecular weight is 465 g/mol. The Labute approximate surface area is 202 Å². The summed E-state index contributed by atoms with van der Waals surface area (Å²) in [5, 5.41) is 8.62. The number of aryl methyl sites for hydroxylation is 4. The number of benzene rings is 2. The molecule has 3 amide bonds. The van der Waals surface area contributed by atoms with E-state index >= 15 is 0 Å². The van der Waals surface area contributed by atoms with E-state index in [4.69, 9.17) is 0 Å². The SMILES string of the molecule is Cc1cc(C)c(NC(=O)CNC(=O)CNc2ccc(C(=O)N3CCCCC3C)cc2C)c(C)c1. The lowest BCUT2D eigenvalue weighted by atomic mass is 10.0. The van der Waals surface area contributed by atoms with Gasteiger partial charge in [0.1, 0.15) is 0 Å². The summed E-state index contributed by atoms with van der Waals surface area (Å²) in [6, 6.07) is 9.79. The molecule has 1 aliphatic heterocycles. The van der Waals surface area contributed by atoms with E-state index < -0.39 is 0 Å². The third-order valence-corrected chi connectivity index (χ3v) is 6.36. The molecule has 1 fully saturated rings. The highest BCUT2D eigenvalue weighted by molar-refractivity contribution is 5.97. The predicted molar refractivity (Wildman–Crippen MR) is 136 cm³/mol. The van der Waals surface area contributed by atoms with Crippen molar-refractivity contribution in [3.05, 3.63) is 58.1 Å². The Morgan fingerprint density at radius 3 is 2.26 bits per heavy atom. The molecule has 0 saturated carbocycles. The standard InChI is InChI=1S/C27H36N4O3/c1-17-12-19(3)26(20(4)13-17)30-25(33)16-29-24(32)15-28-23-10-9-22(14-18(23)2)27(34)31-11-7-6-8-21(31)5/h9-10,12-14,21,28H,6-8,11,15-16H2,1-5H3,(H,29,32)(H,30,33). The largest absolute Gasteiger partial charge is 0.376 e. The number of nitrogens with one attached hydrogen (secondary N) is 3. The van der Waals surface area contributed by atoms with E-state index in [1.165, 1.54) is 6.42 Å². The highest BCUT2D eigenvalue weighted by Gasteiger charge is 2.24. The van der Waals surface area contributed by atoms with Gasteiger partial charge in [0.15, 0.2) is 0 Å². The van der Waals surface area contributed by atoms with Gasteiger partial charge in [-0.1, -0.05) is 17.7 Å². The van der Waals surface area contributed by atoms with Gasteiger partial charge in [-0.3, -0.25) is 14.4 Å². The summed E-state index contributed by atoms with van der Waals surface area (Å²) in [7, 11) is 0. The molecule has 1 saturated heterocycles. The van der Waals surface area contributed by atoms with E-state index in [1.807, 2.05) is 56.9 Å². The van der Waals surface area contributed by atoms with Crippen molar-refractivity contribution in [2.24, 2.45) is 0 Å². The van der Waals surface area contributed by atoms with E-state index in [1.54, 1.807) is 6.07 Å². The molecule has 34 heavy (non-hydrogen) atoms. The minimum Gasteiger partial charge on any atom is -0.376 e. The Balaban J connectivity index is 1.49. The van der Waals surface area contributed by atoms with Crippen molar-refractivity contribution in [3.63, 3.8) is 0 Å². The fraction of sp³-hybridized carbons (Fsp3) is 0.444. The number of carbonyl (C=O) groups is 3. The maximum Gasteiger partial charge on any atom is 0.254 e. The molecule has 0 spiro atoms. The summed E-state index contributed by atoms with van der Waals surface area (Å²) in [4.78, 5) is 39.4. The highest BCUT2D eigenvalue weighted by Crippen LogP contribution is 2.23. The topological polar surface area (TPSA) is 90.5 Å². The van der Waals surface area contributed by atoms with Crippen LogP contribution in [0.3, 0.4) is 0 Å². The number of anilines is 2. The predicted octanol–water partition coefficient (Wildman–Crippen LogP) is 4.10. The molecule has 1 atom stereocenters. The summed E-state index contributed by atoms with van der Waals surface area (Å²) in [5.41, 5.74) is 6.25. The lowest BCUT2D eigenvalue weighted by molar-refractivity contribution is -0.122. The Morgan fingerprint density at radius 1 is 0.912 bits per heavy atom. The van der Waals surface area contributed by atoms with Gasteiger partial charge in [0.2, 0.25) is 11.8 Å². The lowest BCUT2D eigenvalue weighted by Crippen LogP contribution is -2.42. The third-order valence-electron chi connectivity index (χ3n) is 6.36. The molecule has 2 aromatic carbocycles. The van der Waals surface area contributed by atoms with Crippen molar-refractivity contribution in [1.82, 2.24) is 10.2 Å².